The molecule has 6 heteroatoms. The lowest BCUT2D eigenvalue weighted by Gasteiger charge is -2.17. The number of aliphatic hydroxyl groups excluding tert-OH is 2. The summed E-state index contributed by atoms with van der Waals surface area (Å²) in [6.45, 7) is -0.378. The molecule has 0 saturated heterocycles. The van der Waals surface area contributed by atoms with Crippen molar-refractivity contribution in [3.8, 4) is 16.9 Å². The Bertz CT molecular complexity index is 659. The SMILES string of the molecule is Nc1ccc(-c2cc(N)cc(N)c2CC(O)CO)c(O)c1. The average Bonchev–Trinajstić information content (AvgIpc) is 2.41. The lowest BCUT2D eigenvalue weighted by molar-refractivity contribution is 0.0957. The number of benzene rings is 2. The number of nitrogen functional groups attached to an aromatic ring is 3. The molecule has 6 nitrogen and oxygen atoms in total. The van der Waals surface area contributed by atoms with Crippen molar-refractivity contribution in [2.45, 2.75) is 12.5 Å². The van der Waals surface area contributed by atoms with E-state index in [2.05, 4.69) is 0 Å². The van der Waals surface area contributed by atoms with Gasteiger partial charge < -0.3 is 32.5 Å². The molecule has 1 unspecified atom stereocenters. The van der Waals surface area contributed by atoms with E-state index in [1.807, 2.05) is 0 Å². The predicted molar refractivity (Wildman–Crippen MR) is 83.6 cm³/mol. The van der Waals surface area contributed by atoms with Gasteiger partial charge >= 0.3 is 0 Å². The Kier molecular flexibility index (Phi) is 4.21. The Hall–Kier alpha value is -2.44. The highest BCUT2D eigenvalue weighted by molar-refractivity contribution is 5.81. The van der Waals surface area contributed by atoms with E-state index in [4.69, 9.17) is 22.3 Å². The van der Waals surface area contributed by atoms with E-state index in [0.717, 1.165) is 0 Å². The van der Waals surface area contributed by atoms with Crippen molar-refractivity contribution in [3.05, 3.63) is 35.9 Å². The molecule has 2 aromatic carbocycles. The van der Waals surface area contributed by atoms with Gasteiger partial charge in [-0.05, 0) is 35.4 Å². The van der Waals surface area contributed by atoms with Crippen molar-refractivity contribution in [3.63, 3.8) is 0 Å². The molecular formula is C15H19N3O3. The molecule has 2 rings (SSSR count). The van der Waals surface area contributed by atoms with Crippen LogP contribution in [0.25, 0.3) is 11.1 Å². The zero-order valence-corrected chi connectivity index (χ0v) is 11.5. The summed E-state index contributed by atoms with van der Waals surface area (Å²) in [4.78, 5) is 0. The minimum Gasteiger partial charge on any atom is -0.507 e. The third-order valence-electron chi connectivity index (χ3n) is 3.27. The average molecular weight is 289 g/mol. The van der Waals surface area contributed by atoms with E-state index in [9.17, 15) is 10.2 Å². The van der Waals surface area contributed by atoms with Crippen LogP contribution in [0.15, 0.2) is 30.3 Å². The Morgan fingerprint density at radius 1 is 0.952 bits per heavy atom. The van der Waals surface area contributed by atoms with E-state index in [-0.39, 0.29) is 18.8 Å². The highest BCUT2D eigenvalue weighted by Gasteiger charge is 2.16. The van der Waals surface area contributed by atoms with Crippen molar-refractivity contribution < 1.29 is 15.3 Å². The number of anilines is 3. The molecule has 2 aromatic rings. The number of phenolic OH excluding ortho intramolecular Hbond substituents is 1. The summed E-state index contributed by atoms with van der Waals surface area (Å²) >= 11 is 0. The number of aromatic hydroxyl groups is 1. The van der Waals surface area contributed by atoms with Crippen LogP contribution < -0.4 is 17.2 Å². The molecule has 0 heterocycles. The summed E-state index contributed by atoms with van der Waals surface area (Å²) in [7, 11) is 0. The van der Waals surface area contributed by atoms with E-state index in [1.54, 1.807) is 24.3 Å². The van der Waals surface area contributed by atoms with Gasteiger partial charge in [0, 0.05) is 35.1 Å². The second-order valence-electron chi connectivity index (χ2n) is 4.95. The van der Waals surface area contributed by atoms with Crippen molar-refractivity contribution >= 4 is 17.1 Å². The standard InChI is InChI=1S/C15H19N3O3/c16-8-1-2-11(15(21)5-8)12-3-9(17)4-14(18)13(12)6-10(20)7-19/h1-5,10,19-21H,6-7,16-18H2. The second kappa shape index (κ2) is 5.90. The molecule has 21 heavy (non-hydrogen) atoms. The molecule has 0 aliphatic carbocycles. The lowest BCUT2D eigenvalue weighted by atomic mass is 9.93. The molecule has 0 saturated carbocycles. The molecule has 0 bridgehead atoms. The fourth-order valence-electron chi connectivity index (χ4n) is 2.26. The van der Waals surface area contributed by atoms with E-state index >= 15 is 0 Å². The smallest absolute Gasteiger partial charge is 0.125 e. The topological polar surface area (TPSA) is 139 Å². The van der Waals surface area contributed by atoms with Gasteiger partial charge in [0.1, 0.15) is 5.75 Å². The maximum absolute atomic E-state index is 10.1. The van der Waals surface area contributed by atoms with Crippen LogP contribution in [0, 0.1) is 0 Å². The number of rotatable bonds is 4. The molecule has 112 valence electrons. The molecule has 0 spiro atoms. The summed E-state index contributed by atoms with van der Waals surface area (Å²) < 4.78 is 0. The maximum Gasteiger partial charge on any atom is 0.125 e. The summed E-state index contributed by atoms with van der Waals surface area (Å²) in [5, 5.41) is 28.8. The first kappa shape index (κ1) is 15.0. The summed E-state index contributed by atoms with van der Waals surface area (Å²) in [6, 6.07) is 7.99. The Balaban J connectivity index is 2.60. The highest BCUT2D eigenvalue weighted by atomic mass is 16.3. The molecule has 0 aliphatic heterocycles. The Labute approximate surface area is 122 Å². The van der Waals surface area contributed by atoms with Gasteiger partial charge in [-0.25, -0.2) is 0 Å². The van der Waals surface area contributed by atoms with Gasteiger partial charge in [-0.15, -0.1) is 0 Å². The number of nitrogens with two attached hydrogens (primary N) is 3. The number of hydrogen-bond acceptors (Lipinski definition) is 6. The molecule has 0 aliphatic rings. The molecule has 0 aromatic heterocycles. The third-order valence-corrected chi connectivity index (χ3v) is 3.27. The Morgan fingerprint density at radius 2 is 1.67 bits per heavy atom. The van der Waals surface area contributed by atoms with Crippen LogP contribution in [0.1, 0.15) is 5.56 Å². The summed E-state index contributed by atoms with van der Waals surface area (Å²) in [5.41, 5.74) is 20.4. The van der Waals surface area contributed by atoms with E-state index in [0.29, 0.717) is 33.8 Å². The van der Waals surface area contributed by atoms with E-state index < -0.39 is 6.10 Å². The van der Waals surface area contributed by atoms with Gasteiger partial charge in [0.25, 0.3) is 0 Å². The predicted octanol–water partition coefficient (Wildman–Crippen LogP) is 0.701. The van der Waals surface area contributed by atoms with Gasteiger partial charge in [0.05, 0.1) is 12.7 Å². The van der Waals surface area contributed by atoms with Crippen LogP contribution >= 0.6 is 0 Å². The second-order valence-corrected chi connectivity index (χ2v) is 4.95. The van der Waals surface area contributed by atoms with E-state index in [1.165, 1.54) is 6.07 Å². The normalized spacial score (nSPS) is 12.3. The van der Waals surface area contributed by atoms with Crippen LogP contribution in [0.2, 0.25) is 0 Å². The number of aliphatic hydroxyl groups is 2. The monoisotopic (exact) mass is 289 g/mol. The molecular weight excluding hydrogens is 270 g/mol. The molecule has 1 atom stereocenters. The first-order valence-electron chi connectivity index (χ1n) is 6.48. The largest absolute Gasteiger partial charge is 0.507 e. The highest BCUT2D eigenvalue weighted by Crippen LogP contribution is 2.37. The molecule has 0 radical (unpaired) electrons. The van der Waals surface area contributed by atoms with Gasteiger partial charge in [-0.2, -0.15) is 0 Å². The maximum atomic E-state index is 10.1. The van der Waals surface area contributed by atoms with Crippen LogP contribution in [0.5, 0.6) is 5.75 Å². The van der Waals surface area contributed by atoms with Crippen LogP contribution in [0.4, 0.5) is 17.1 Å². The lowest BCUT2D eigenvalue weighted by Crippen LogP contribution is -2.17. The van der Waals surface area contributed by atoms with Gasteiger partial charge in [-0.1, -0.05) is 0 Å². The number of phenols is 1. The minimum atomic E-state index is -0.939. The van der Waals surface area contributed by atoms with Crippen LogP contribution in [0.3, 0.4) is 0 Å². The van der Waals surface area contributed by atoms with Crippen molar-refractivity contribution in [2.24, 2.45) is 0 Å². The number of hydrogen-bond donors (Lipinski definition) is 6. The van der Waals surface area contributed by atoms with Gasteiger partial charge in [0.2, 0.25) is 0 Å². The molecule has 9 N–H and O–H groups in total. The first-order chi connectivity index (χ1) is 9.92. The fraction of sp³-hybridized carbons (Fsp3) is 0.200. The van der Waals surface area contributed by atoms with Crippen molar-refractivity contribution in [1.29, 1.82) is 0 Å². The Morgan fingerprint density at radius 3 is 2.29 bits per heavy atom. The van der Waals surface area contributed by atoms with Gasteiger partial charge in [0.15, 0.2) is 0 Å². The van der Waals surface area contributed by atoms with Crippen LogP contribution in [-0.4, -0.2) is 28.0 Å². The molecule has 0 fully saturated rings. The minimum absolute atomic E-state index is 0.000242. The zero-order valence-electron chi connectivity index (χ0n) is 11.5. The first-order valence-corrected chi connectivity index (χ1v) is 6.48. The quantitative estimate of drug-likeness (QED) is 0.458. The summed E-state index contributed by atoms with van der Waals surface area (Å²) in [6.07, 6.45) is -0.785. The van der Waals surface area contributed by atoms with Crippen molar-refractivity contribution in [2.75, 3.05) is 23.8 Å². The molecule has 0 amide bonds. The fourth-order valence-corrected chi connectivity index (χ4v) is 2.26. The third kappa shape index (κ3) is 3.18. The zero-order chi connectivity index (χ0) is 15.6. The van der Waals surface area contributed by atoms with Gasteiger partial charge in [-0.3, -0.25) is 0 Å². The summed E-state index contributed by atoms with van der Waals surface area (Å²) in [5.74, 6) is -0.000242. The van der Waals surface area contributed by atoms with Crippen molar-refractivity contribution in [1.82, 2.24) is 0 Å². The van der Waals surface area contributed by atoms with Crippen LogP contribution in [-0.2, 0) is 6.42 Å².